The Kier molecular flexibility index (Phi) is 5.00. The SMILES string of the molecule is CC(=O)Nc1ccc(S(=O)(=O)NC2CCC(C)CC2)cc1. The van der Waals surface area contributed by atoms with Crippen LogP contribution >= 0.6 is 0 Å². The van der Waals surface area contributed by atoms with Crippen molar-refractivity contribution >= 4 is 21.6 Å². The summed E-state index contributed by atoms with van der Waals surface area (Å²) in [6, 6.07) is 6.25. The summed E-state index contributed by atoms with van der Waals surface area (Å²) in [6.45, 7) is 3.61. The van der Waals surface area contributed by atoms with Gasteiger partial charge in [0.2, 0.25) is 15.9 Å². The summed E-state index contributed by atoms with van der Waals surface area (Å²) in [5, 5.41) is 2.62. The molecule has 0 bridgehead atoms. The Morgan fingerprint density at radius 2 is 1.67 bits per heavy atom. The number of anilines is 1. The predicted octanol–water partition coefficient (Wildman–Crippen LogP) is 2.50. The normalized spacial score (nSPS) is 22.8. The molecule has 0 spiro atoms. The summed E-state index contributed by atoms with van der Waals surface area (Å²) in [5.74, 6) is 0.503. The zero-order chi connectivity index (χ0) is 15.5. The molecule has 1 saturated carbocycles. The molecule has 1 aliphatic carbocycles. The Balaban J connectivity index is 2.03. The standard InChI is InChI=1S/C15H22N2O3S/c1-11-3-5-14(6-4-11)17-21(19,20)15-9-7-13(8-10-15)16-12(2)18/h7-11,14,17H,3-6H2,1-2H3,(H,16,18). The Morgan fingerprint density at radius 3 is 2.19 bits per heavy atom. The first kappa shape index (κ1) is 16.0. The van der Waals surface area contributed by atoms with Crippen LogP contribution in [-0.2, 0) is 14.8 Å². The lowest BCUT2D eigenvalue weighted by Gasteiger charge is -2.26. The fourth-order valence-electron chi connectivity index (χ4n) is 2.59. The minimum Gasteiger partial charge on any atom is -0.326 e. The van der Waals surface area contributed by atoms with E-state index in [0.717, 1.165) is 25.7 Å². The van der Waals surface area contributed by atoms with Gasteiger partial charge in [-0.25, -0.2) is 13.1 Å². The summed E-state index contributed by atoms with van der Waals surface area (Å²) >= 11 is 0. The molecule has 2 rings (SSSR count). The first-order chi connectivity index (χ1) is 9.87. The Hall–Kier alpha value is -1.40. The van der Waals surface area contributed by atoms with Gasteiger partial charge in [-0.2, -0.15) is 0 Å². The van der Waals surface area contributed by atoms with Gasteiger partial charge in [0.05, 0.1) is 4.90 Å². The van der Waals surface area contributed by atoms with Gasteiger partial charge in [-0.1, -0.05) is 6.92 Å². The average molecular weight is 310 g/mol. The maximum atomic E-state index is 12.3. The second kappa shape index (κ2) is 6.58. The molecule has 6 heteroatoms. The maximum absolute atomic E-state index is 12.3. The summed E-state index contributed by atoms with van der Waals surface area (Å²) in [4.78, 5) is 11.2. The van der Waals surface area contributed by atoms with Gasteiger partial charge < -0.3 is 5.32 Å². The Morgan fingerprint density at radius 1 is 1.10 bits per heavy atom. The van der Waals surface area contributed by atoms with Crippen LogP contribution in [-0.4, -0.2) is 20.4 Å². The van der Waals surface area contributed by atoms with Gasteiger partial charge >= 0.3 is 0 Å². The molecule has 0 unspecified atom stereocenters. The fourth-order valence-corrected chi connectivity index (χ4v) is 3.89. The molecule has 1 aliphatic rings. The molecule has 1 amide bonds. The second-order valence-electron chi connectivity index (χ2n) is 5.78. The van der Waals surface area contributed by atoms with Gasteiger partial charge in [-0.15, -0.1) is 0 Å². The van der Waals surface area contributed by atoms with E-state index < -0.39 is 10.0 Å². The van der Waals surface area contributed by atoms with Crippen molar-refractivity contribution in [2.75, 3.05) is 5.32 Å². The Labute approximate surface area is 126 Å². The van der Waals surface area contributed by atoms with Crippen LogP contribution in [0.15, 0.2) is 29.2 Å². The lowest BCUT2D eigenvalue weighted by atomic mass is 9.88. The molecule has 116 valence electrons. The van der Waals surface area contributed by atoms with E-state index in [-0.39, 0.29) is 16.8 Å². The summed E-state index contributed by atoms with van der Waals surface area (Å²) in [6.07, 6.45) is 3.91. The Bertz CT molecular complexity index is 588. The van der Waals surface area contributed by atoms with Crippen LogP contribution in [0.4, 0.5) is 5.69 Å². The number of nitrogens with one attached hydrogen (secondary N) is 2. The van der Waals surface area contributed by atoms with Crippen molar-refractivity contribution in [1.82, 2.24) is 4.72 Å². The zero-order valence-electron chi connectivity index (χ0n) is 12.4. The highest BCUT2D eigenvalue weighted by molar-refractivity contribution is 7.89. The van der Waals surface area contributed by atoms with E-state index in [0.29, 0.717) is 11.6 Å². The molecule has 2 N–H and O–H groups in total. The molecule has 1 aromatic rings. The molecule has 5 nitrogen and oxygen atoms in total. The second-order valence-corrected chi connectivity index (χ2v) is 7.50. The van der Waals surface area contributed by atoms with Crippen LogP contribution in [0.25, 0.3) is 0 Å². The number of hydrogen-bond donors (Lipinski definition) is 2. The molecule has 0 heterocycles. The lowest BCUT2D eigenvalue weighted by molar-refractivity contribution is -0.114. The maximum Gasteiger partial charge on any atom is 0.240 e. The number of carbonyl (C=O) groups is 1. The van der Waals surface area contributed by atoms with Gasteiger partial charge in [-0.3, -0.25) is 4.79 Å². The smallest absolute Gasteiger partial charge is 0.240 e. The van der Waals surface area contributed by atoms with E-state index in [4.69, 9.17) is 0 Å². The van der Waals surface area contributed by atoms with E-state index >= 15 is 0 Å². The van der Waals surface area contributed by atoms with Crippen molar-refractivity contribution in [1.29, 1.82) is 0 Å². The first-order valence-corrected chi connectivity index (χ1v) is 8.75. The number of sulfonamides is 1. The largest absolute Gasteiger partial charge is 0.326 e. The van der Waals surface area contributed by atoms with Crippen LogP contribution in [0.3, 0.4) is 0 Å². The van der Waals surface area contributed by atoms with E-state index in [1.807, 2.05) is 0 Å². The molecule has 1 aromatic carbocycles. The van der Waals surface area contributed by atoms with Gasteiger partial charge in [0.1, 0.15) is 0 Å². The fraction of sp³-hybridized carbons (Fsp3) is 0.533. The zero-order valence-corrected chi connectivity index (χ0v) is 13.2. The minimum atomic E-state index is -3.49. The number of amides is 1. The van der Waals surface area contributed by atoms with Crippen molar-refractivity contribution in [3.63, 3.8) is 0 Å². The van der Waals surface area contributed by atoms with Gasteiger partial charge in [0.15, 0.2) is 0 Å². The van der Waals surface area contributed by atoms with E-state index in [1.165, 1.54) is 19.1 Å². The quantitative estimate of drug-likeness (QED) is 0.897. The highest BCUT2D eigenvalue weighted by atomic mass is 32.2. The number of benzene rings is 1. The summed E-state index contributed by atoms with van der Waals surface area (Å²) < 4.78 is 27.4. The molecule has 0 aliphatic heterocycles. The molecule has 0 radical (unpaired) electrons. The van der Waals surface area contributed by atoms with Crippen molar-refractivity contribution in [3.8, 4) is 0 Å². The predicted molar refractivity (Wildman–Crippen MR) is 82.5 cm³/mol. The summed E-state index contributed by atoms with van der Waals surface area (Å²) in [5.41, 5.74) is 0.591. The van der Waals surface area contributed by atoms with E-state index in [9.17, 15) is 13.2 Å². The topological polar surface area (TPSA) is 75.3 Å². The molecular weight excluding hydrogens is 288 g/mol. The molecule has 0 saturated heterocycles. The van der Waals surface area contributed by atoms with Crippen molar-refractivity contribution in [2.45, 2.75) is 50.5 Å². The van der Waals surface area contributed by atoms with Crippen LogP contribution in [0.5, 0.6) is 0 Å². The van der Waals surface area contributed by atoms with Crippen molar-refractivity contribution < 1.29 is 13.2 Å². The summed E-state index contributed by atoms with van der Waals surface area (Å²) in [7, 11) is -3.49. The molecular formula is C15H22N2O3S. The van der Waals surface area contributed by atoms with Gasteiger partial charge in [-0.05, 0) is 55.9 Å². The van der Waals surface area contributed by atoms with Crippen LogP contribution < -0.4 is 10.0 Å². The van der Waals surface area contributed by atoms with Crippen LogP contribution in [0, 0.1) is 5.92 Å². The van der Waals surface area contributed by atoms with Gasteiger partial charge in [0.25, 0.3) is 0 Å². The van der Waals surface area contributed by atoms with Crippen LogP contribution in [0.1, 0.15) is 39.5 Å². The average Bonchev–Trinajstić information content (AvgIpc) is 2.41. The number of rotatable bonds is 4. The molecule has 0 atom stereocenters. The number of hydrogen-bond acceptors (Lipinski definition) is 3. The molecule has 0 aromatic heterocycles. The third-order valence-electron chi connectivity index (χ3n) is 3.82. The first-order valence-electron chi connectivity index (χ1n) is 7.27. The lowest BCUT2D eigenvalue weighted by Crippen LogP contribution is -2.37. The highest BCUT2D eigenvalue weighted by Gasteiger charge is 2.24. The number of carbonyl (C=O) groups excluding carboxylic acids is 1. The van der Waals surface area contributed by atoms with Crippen LogP contribution in [0.2, 0.25) is 0 Å². The molecule has 21 heavy (non-hydrogen) atoms. The van der Waals surface area contributed by atoms with E-state index in [1.54, 1.807) is 12.1 Å². The molecule has 1 fully saturated rings. The monoisotopic (exact) mass is 310 g/mol. The van der Waals surface area contributed by atoms with Crippen molar-refractivity contribution in [2.24, 2.45) is 5.92 Å². The third kappa shape index (κ3) is 4.54. The third-order valence-corrected chi connectivity index (χ3v) is 5.36. The minimum absolute atomic E-state index is 0.0289. The highest BCUT2D eigenvalue weighted by Crippen LogP contribution is 2.25. The van der Waals surface area contributed by atoms with Crippen molar-refractivity contribution in [3.05, 3.63) is 24.3 Å². The van der Waals surface area contributed by atoms with E-state index in [2.05, 4.69) is 17.0 Å². The van der Waals surface area contributed by atoms with Gasteiger partial charge in [0, 0.05) is 18.7 Å².